The van der Waals surface area contributed by atoms with E-state index in [1.165, 1.54) is 11.0 Å². The smallest absolute Gasteiger partial charge is 0.388 e. The number of alkyl halides is 3. The lowest BCUT2D eigenvalue weighted by molar-refractivity contribution is -0.137. The molecule has 2 aromatic rings. The number of carbonyl (C=O) groups is 2. The molecule has 1 aromatic heterocycles. The van der Waals surface area contributed by atoms with Crippen molar-refractivity contribution < 1.29 is 33.0 Å². The molecule has 0 spiro atoms. The van der Waals surface area contributed by atoms with Crippen LogP contribution < -0.4 is 10.6 Å². The van der Waals surface area contributed by atoms with Gasteiger partial charge in [0, 0.05) is 30.4 Å². The molecule has 2 fully saturated rings. The number of amides is 2. The summed E-state index contributed by atoms with van der Waals surface area (Å²) in [6.07, 6.45) is 0.119. The predicted molar refractivity (Wildman–Crippen MR) is 138 cm³/mol. The number of likely N-dealkylation sites (tertiary alicyclic amines) is 1. The third kappa shape index (κ3) is 6.95. The molecule has 4 N–H and O–H groups in total. The number of hydrogen-bond acceptors (Lipinski definition) is 6. The van der Waals surface area contributed by atoms with Gasteiger partial charge in [-0.2, -0.15) is 13.2 Å². The van der Waals surface area contributed by atoms with Crippen LogP contribution >= 0.6 is 0 Å². The molecular formula is C28H35F3N4O4. The molecule has 1 aliphatic carbocycles. The van der Waals surface area contributed by atoms with Crippen molar-refractivity contribution >= 4 is 11.8 Å². The van der Waals surface area contributed by atoms with Crippen molar-refractivity contribution in [3.05, 3.63) is 65.5 Å². The number of halogens is 3. The number of hydrogen-bond donors (Lipinski definition) is 4. The Morgan fingerprint density at radius 2 is 1.82 bits per heavy atom. The summed E-state index contributed by atoms with van der Waals surface area (Å²) >= 11 is 0. The van der Waals surface area contributed by atoms with Crippen LogP contribution in [0, 0.1) is 0 Å². The van der Waals surface area contributed by atoms with E-state index in [9.17, 15) is 33.0 Å². The van der Waals surface area contributed by atoms with Crippen LogP contribution in [-0.2, 0) is 16.6 Å². The van der Waals surface area contributed by atoms with Gasteiger partial charge in [0.2, 0.25) is 5.91 Å². The van der Waals surface area contributed by atoms with Gasteiger partial charge in [-0.05, 0) is 76.3 Å². The quantitative estimate of drug-likeness (QED) is 0.423. The molecule has 2 heterocycles. The molecule has 4 rings (SSSR count). The van der Waals surface area contributed by atoms with Crippen LogP contribution in [0.3, 0.4) is 0 Å². The van der Waals surface area contributed by atoms with Gasteiger partial charge in [0.15, 0.2) is 0 Å². The average Bonchev–Trinajstić information content (AvgIpc) is 3.33. The van der Waals surface area contributed by atoms with Gasteiger partial charge < -0.3 is 25.7 Å². The van der Waals surface area contributed by atoms with Crippen LogP contribution in [0.25, 0.3) is 0 Å². The summed E-state index contributed by atoms with van der Waals surface area (Å²) < 4.78 is 39.0. The van der Waals surface area contributed by atoms with Crippen LogP contribution in [0.2, 0.25) is 0 Å². The molecule has 8 nitrogen and oxygen atoms in total. The molecule has 0 radical (unpaired) electrons. The molecule has 2 amide bonds. The van der Waals surface area contributed by atoms with Gasteiger partial charge in [-0.1, -0.05) is 12.1 Å². The maximum atomic E-state index is 13.1. The highest BCUT2D eigenvalue weighted by Gasteiger charge is 2.44. The van der Waals surface area contributed by atoms with E-state index >= 15 is 0 Å². The summed E-state index contributed by atoms with van der Waals surface area (Å²) in [5.41, 5.74) is -2.65. The Bertz CT molecular complexity index is 1160. The molecule has 11 heteroatoms. The lowest BCUT2D eigenvalue weighted by Gasteiger charge is -2.37. The zero-order chi connectivity index (χ0) is 28.4. The molecule has 0 bridgehead atoms. The van der Waals surface area contributed by atoms with E-state index in [2.05, 4.69) is 15.6 Å². The number of aliphatic hydroxyl groups is 2. The average molecular weight is 549 g/mol. The van der Waals surface area contributed by atoms with E-state index in [1.54, 1.807) is 20.0 Å². The molecule has 1 aromatic carbocycles. The lowest BCUT2D eigenvalue weighted by atomic mass is 9.79. The van der Waals surface area contributed by atoms with Gasteiger partial charge in [0.05, 0.1) is 29.4 Å². The molecule has 1 saturated carbocycles. The topological polar surface area (TPSA) is 115 Å². The summed E-state index contributed by atoms with van der Waals surface area (Å²) in [5.74, 6) is -1.22. The Labute approximate surface area is 225 Å². The fourth-order valence-electron chi connectivity index (χ4n) is 5.59. The van der Waals surface area contributed by atoms with Gasteiger partial charge in [0.25, 0.3) is 5.91 Å². The number of aromatic nitrogens is 1. The minimum atomic E-state index is -4.58. The van der Waals surface area contributed by atoms with Crippen LogP contribution in [0.15, 0.2) is 48.7 Å². The zero-order valence-electron chi connectivity index (χ0n) is 22.0. The summed E-state index contributed by atoms with van der Waals surface area (Å²) in [7, 11) is 0. The summed E-state index contributed by atoms with van der Waals surface area (Å²) in [6, 6.07) is 9.01. The highest BCUT2D eigenvalue weighted by molar-refractivity contribution is 5.96. The Hall–Kier alpha value is -3.02. The van der Waals surface area contributed by atoms with Gasteiger partial charge in [-0.3, -0.25) is 14.6 Å². The van der Waals surface area contributed by atoms with Crippen LogP contribution in [-0.4, -0.2) is 68.7 Å². The number of nitrogens with one attached hydrogen (secondary N) is 2. The molecule has 0 unspecified atom stereocenters. The Morgan fingerprint density at radius 1 is 1.10 bits per heavy atom. The second-order valence-electron chi connectivity index (χ2n) is 11.1. The Kier molecular flexibility index (Phi) is 8.34. The predicted octanol–water partition coefficient (Wildman–Crippen LogP) is 2.99. The number of nitrogens with zero attached hydrogens (tertiary/aromatic N) is 2. The van der Waals surface area contributed by atoms with Gasteiger partial charge >= 0.3 is 6.18 Å². The molecule has 39 heavy (non-hydrogen) atoms. The van der Waals surface area contributed by atoms with Crippen LogP contribution in [0.4, 0.5) is 13.2 Å². The fourth-order valence-corrected chi connectivity index (χ4v) is 5.59. The van der Waals surface area contributed by atoms with Crippen molar-refractivity contribution in [3.63, 3.8) is 0 Å². The SMILES string of the molecule is CC(C)(O)[C@@H]1C[C@H](N[C@H]2CC[C@](O)(c3ccccn3)CC2)CN1C(=O)CNC(=O)c1cccc(C(F)(F)F)c1. The van der Waals surface area contributed by atoms with E-state index in [-0.39, 0.29) is 17.6 Å². The summed E-state index contributed by atoms with van der Waals surface area (Å²) in [6.45, 7) is 3.15. The maximum absolute atomic E-state index is 13.1. The lowest BCUT2D eigenvalue weighted by Crippen LogP contribution is -2.51. The van der Waals surface area contributed by atoms with E-state index < -0.39 is 47.3 Å². The van der Waals surface area contributed by atoms with Crippen LogP contribution in [0.1, 0.15) is 67.6 Å². The van der Waals surface area contributed by atoms with E-state index in [0.29, 0.717) is 31.5 Å². The normalized spacial score (nSPS) is 25.9. The first-order valence-electron chi connectivity index (χ1n) is 13.1. The summed E-state index contributed by atoms with van der Waals surface area (Å²) in [5, 5.41) is 27.8. The fraction of sp³-hybridized carbons (Fsp3) is 0.536. The van der Waals surface area contributed by atoms with Crippen molar-refractivity contribution in [2.24, 2.45) is 0 Å². The third-order valence-corrected chi connectivity index (χ3v) is 7.71. The highest BCUT2D eigenvalue weighted by Crippen LogP contribution is 2.37. The Morgan fingerprint density at radius 3 is 2.44 bits per heavy atom. The van der Waals surface area contributed by atoms with Gasteiger partial charge in [-0.15, -0.1) is 0 Å². The highest BCUT2D eigenvalue weighted by atomic mass is 19.4. The molecule has 1 saturated heterocycles. The molecule has 212 valence electrons. The van der Waals surface area contributed by atoms with Crippen molar-refractivity contribution in [2.45, 2.75) is 81.5 Å². The first-order valence-corrected chi connectivity index (χ1v) is 13.1. The number of benzene rings is 1. The minimum absolute atomic E-state index is 0.101. The number of rotatable bonds is 7. The Balaban J connectivity index is 1.34. The second-order valence-corrected chi connectivity index (χ2v) is 11.1. The molecular weight excluding hydrogens is 513 g/mol. The first kappa shape index (κ1) is 29.0. The monoisotopic (exact) mass is 548 g/mol. The van der Waals surface area contributed by atoms with Gasteiger partial charge in [0.1, 0.15) is 5.60 Å². The first-order chi connectivity index (χ1) is 18.3. The van der Waals surface area contributed by atoms with Crippen molar-refractivity contribution in [2.75, 3.05) is 13.1 Å². The third-order valence-electron chi connectivity index (χ3n) is 7.71. The summed E-state index contributed by atoms with van der Waals surface area (Å²) in [4.78, 5) is 31.4. The van der Waals surface area contributed by atoms with E-state index in [0.717, 1.165) is 31.0 Å². The van der Waals surface area contributed by atoms with Crippen molar-refractivity contribution in [1.29, 1.82) is 0 Å². The number of pyridine rings is 1. The van der Waals surface area contributed by atoms with Crippen molar-refractivity contribution in [1.82, 2.24) is 20.5 Å². The van der Waals surface area contributed by atoms with Gasteiger partial charge in [-0.25, -0.2) is 0 Å². The maximum Gasteiger partial charge on any atom is 0.416 e. The molecule has 2 atom stereocenters. The zero-order valence-corrected chi connectivity index (χ0v) is 22.0. The second kappa shape index (κ2) is 11.2. The molecule has 1 aliphatic heterocycles. The standard InChI is InChI=1S/C28H35F3N4O4/c1-26(2,38)23-15-21(34-20-9-11-27(39,12-10-20)22-8-3-4-13-32-22)17-35(23)24(36)16-33-25(37)18-6-5-7-19(14-18)28(29,30)31/h3-8,13-14,20-21,23,34,38-39H,9-12,15-17H2,1-2H3,(H,33,37)/t20-,21-,23-,27+/m0/s1. The van der Waals surface area contributed by atoms with Crippen molar-refractivity contribution in [3.8, 4) is 0 Å². The number of carbonyl (C=O) groups excluding carboxylic acids is 2. The minimum Gasteiger partial charge on any atom is -0.388 e. The van der Waals surface area contributed by atoms with Crippen LogP contribution in [0.5, 0.6) is 0 Å². The largest absolute Gasteiger partial charge is 0.416 e. The van der Waals surface area contributed by atoms with E-state index in [1.807, 2.05) is 18.2 Å². The molecule has 2 aliphatic rings. The van der Waals surface area contributed by atoms with E-state index in [4.69, 9.17) is 0 Å².